The predicted molar refractivity (Wildman–Crippen MR) is 203 cm³/mol. The largest absolute Gasteiger partial charge is 0.452 e. The fourth-order valence-electron chi connectivity index (χ4n) is 6.70. The van der Waals surface area contributed by atoms with Gasteiger partial charge in [0.25, 0.3) is 0 Å². The molecule has 1 saturated heterocycles. The van der Waals surface area contributed by atoms with E-state index in [4.69, 9.17) is 23.7 Å². The van der Waals surface area contributed by atoms with Crippen LogP contribution in [0.5, 0.6) is 0 Å². The first-order valence-corrected chi connectivity index (χ1v) is 17.9. The van der Waals surface area contributed by atoms with Gasteiger partial charge in [0.15, 0.2) is 24.6 Å². The van der Waals surface area contributed by atoms with Crippen molar-refractivity contribution in [2.75, 3.05) is 6.61 Å². The highest BCUT2D eigenvalue weighted by Gasteiger charge is 2.53. The first-order valence-electron chi connectivity index (χ1n) is 17.9. The van der Waals surface area contributed by atoms with E-state index in [1.165, 1.54) is 0 Å². The van der Waals surface area contributed by atoms with E-state index in [1.807, 2.05) is 91.0 Å². The van der Waals surface area contributed by atoms with Gasteiger partial charge < -0.3 is 28.8 Å². The molecule has 0 spiro atoms. The number of hydrogen-bond donors (Lipinski definition) is 1. The molecule has 0 aromatic heterocycles. The standard InChI is InChI=1S/C46H38O9/c47-42(32-19-7-1-8-20-32)53-39-38(31-51-46(35-25-13-4-14-26-35,36-27-15-5-16-28-36)37-29-17-6-18-30-37)52-45(50)41(55-44(49)34-23-11-3-12-24-34)40(39)54-43(48)33-21-9-2-10-22-33/h1-30,38-41,45,50H,31H2/t38?,39-,40-,41+,45?/m1/s1. The molecule has 55 heavy (non-hydrogen) atoms. The Balaban J connectivity index is 1.31. The molecule has 1 fully saturated rings. The first-order chi connectivity index (χ1) is 26.9. The number of aliphatic hydroxyl groups excluding tert-OH is 1. The van der Waals surface area contributed by atoms with Crippen LogP contribution < -0.4 is 0 Å². The quantitative estimate of drug-likeness (QED) is 0.0781. The Bertz CT molecular complexity index is 2050. The maximum atomic E-state index is 13.8. The molecular formula is C46H38O9. The molecule has 1 heterocycles. The molecule has 6 aromatic carbocycles. The van der Waals surface area contributed by atoms with Crippen molar-refractivity contribution in [1.29, 1.82) is 0 Å². The number of carbonyl (C=O) groups excluding carboxylic acids is 3. The predicted octanol–water partition coefficient (Wildman–Crippen LogP) is 7.39. The maximum Gasteiger partial charge on any atom is 0.338 e. The lowest BCUT2D eigenvalue weighted by Gasteiger charge is -2.44. The van der Waals surface area contributed by atoms with E-state index in [1.54, 1.807) is 91.0 Å². The van der Waals surface area contributed by atoms with Crippen LogP contribution in [-0.4, -0.2) is 60.3 Å². The van der Waals surface area contributed by atoms with Crippen LogP contribution in [0.3, 0.4) is 0 Å². The average Bonchev–Trinajstić information content (AvgIpc) is 3.25. The maximum absolute atomic E-state index is 13.8. The summed E-state index contributed by atoms with van der Waals surface area (Å²) < 4.78 is 31.3. The van der Waals surface area contributed by atoms with Gasteiger partial charge in [-0.25, -0.2) is 14.4 Å². The van der Waals surface area contributed by atoms with Crippen molar-refractivity contribution in [2.24, 2.45) is 0 Å². The van der Waals surface area contributed by atoms with E-state index < -0.39 is 54.2 Å². The molecule has 0 aliphatic carbocycles. The molecule has 276 valence electrons. The van der Waals surface area contributed by atoms with E-state index in [0.29, 0.717) is 0 Å². The second-order valence-corrected chi connectivity index (χ2v) is 12.9. The number of carbonyl (C=O) groups is 3. The van der Waals surface area contributed by atoms with Crippen molar-refractivity contribution in [3.05, 3.63) is 215 Å². The van der Waals surface area contributed by atoms with Gasteiger partial charge in [0.2, 0.25) is 0 Å². The van der Waals surface area contributed by atoms with E-state index in [2.05, 4.69) is 0 Å². The van der Waals surface area contributed by atoms with Crippen molar-refractivity contribution in [1.82, 2.24) is 0 Å². The van der Waals surface area contributed by atoms with E-state index in [9.17, 15) is 19.5 Å². The molecule has 0 radical (unpaired) electrons. The first kappa shape index (κ1) is 36.9. The zero-order chi connectivity index (χ0) is 38.0. The normalized spacial score (nSPS) is 19.5. The average molecular weight is 735 g/mol. The Morgan fingerprint density at radius 2 is 0.764 bits per heavy atom. The van der Waals surface area contributed by atoms with Gasteiger partial charge in [0, 0.05) is 0 Å². The molecule has 9 nitrogen and oxygen atoms in total. The van der Waals surface area contributed by atoms with Gasteiger partial charge in [-0.2, -0.15) is 0 Å². The summed E-state index contributed by atoms with van der Waals surface area (Å²) in [5, 5.41) is 11.7. The molecule has 0 bridgehead atoms. The third-order valence-electron chi connectivity index (χ3n) is 9.37. The van der Waals surface area contributed by atoms with E-state index in [0.717, 1.165) is 16.7 Å². The smallest absolute Gasteiger partial charge is 0.338 e. The van der Waals surface area contributed by atoms with Crippen molar-refractivity contribution in [3.8, 4) is 0 Å². The number of ether oxygens (including phenoxy) is 5. The summed E-state index contributed by atoms with van der Waals surface area (Å²) in [4.78, 5) is 41.0. The highest BCUT2D eigenvalue weighted by molar-refractivity contribution is 5.91. The number of esters is 3. The lowest BCUT2D eigenvalue weighted by molar-refractivity contribution is -0.289. The minimum atomic E-state index is -1.83. The van der Waals surface area contributed by atoms with Gasteiger partial charge in [-0.05, 0) is 53.1 Å². The molecule has 5 atom stereocenters. The molecular weight excluding hydrogens is 696 g/mol. The topological polar surface area (TPSA) is 118 Å². The zero-order valence-corrected chi connectivity index (χ0v) is 29.6. The van der Waals surface area contributed by atoms with E-state index >= 15 is 0 Å². The molecule has 0 amide bonds. The third-order valence-corrected chi connectivity index (χ3v) is 9.37. The molecule has 6 aromatic rings. The summed E-state index contributed by atoms with van der Waals surface area (Å²) in [6.07, 6.45) is -7.70. The van der Waals surface area contributed by atoms with Crippen LogP contribution in [0.15, 0.2) is 182 Å². The lowest BCUT2D eigenvalue weighted by Crippen LogP contribution is -2.62. The van der Waals surface area contributed by atoms with Gasteiger partial charge >= 0.3 is 17.9 Å². The molecule has 0 saturated carbocycles. The minimum Gasteiger partial charge on any atom is -0.452 e. The summed E-state index contributed by atoms with van der Waals surface area (Å²) in [6, 6.07) is 53.5. The Morgan fingerprint density at radius 1 is 0.455 bits per heavy atom. The number of rotatable bonds is 12. The van der Waals surface area contributed by atoms with Crippen LogP contribution in [-0.2, 0) is 29.3 Å². The van der Waals surface area contributed by atoms with Crippen molar-refractivity contribution in [2.45, 2.75) is 36.3 Å². The Kier molecular flexibility index (Phi) is 11.5. The van der Waals surface area contributed by atoms with Crippen LogP contribution in [0.25, 0.3) is 0 Å². The second-order valence-electron chi connectivity index (χ2n) is 12.9. The van der Waals surface area contributed by atoms with Gasteiger partial charge in [-0.3, -0.25) is 0 Å². The molecule has 9 heteroatoms. The molecule has 2 unspecified atom stereocenters. The Hall–Kier alpha value is -6.39. The number of aliphatic hydroxyl groups is 1. The van der Waals surface area contributed by atoms with Gasteiger partial charge in [0.1, 0.15) is 11.7 Å². The molecule has 1 aliphatic heterocycles. The molecule has 7 rings (SSSR count). The number of hydrogen-bond acceptors (Lipinski definition) is 9. The van der Waals surface area contributed by atoms with Crippen molar-refractivity contribution < 1.29 is 43.2 Å². The highest BCUT2D eigenvalue weighted by atomic mass is 16.7. The fourth-order valence-corrected chi connectivity index (χ4v) is 6.70. The molecule has 1 N–H and O–H groups in total. The van der Waals surface area contributed by atoms with Gasteiger partial charge in [0.05, 0.1) is 23.3 Å². The van der Waals surface area contributed by atoms with E-state index in [-0.39, 0.29) is 23.3 Å². The third kappa shape index (κ3) is 8.24. The summed E-state index contributed by atoms with van der Waals surface area (Å²) >= 11 is 0. The number of benzene rings is 6. The summed E-state index contributed by atoms with van der Waals surface area (Å²) in [6.45, 7) is -0.290. The van der Waals surface area contributed by atoms with Crippen molar-refractivity contribution >= 4 is 17.9 Å². The Labute approximate surface area is 318 Å². The fraction of sp³-hybridized carbons (Fsp3) is 0.152. The summed E-state index contributed by atoms with van der Waals surface area (Å²) in [5.41, 5.74) is 1.75. The SMILES string of the molecule is O=C(O[C@H]1[C@H](OC(=O)c2ccccc2)C(O)OC(COC(c2ccccc2)(c2ccccc2)c2ccccc2)[C@H]1OC(=O)c1ccccc1)c1ccccc1. The monoisotopic (exact) mass is 734 g/mol. The molecule has 1 aliphatic rings. The van der Waals surface area contributed by atoms with Crippen LogP contribution in [0.4, 0.5) is 0 Å². The summed E-state index contributed by atoms with van der Waals surface area (Å²) in [7, 11) is 0. The highest BCUT2D eigenvalue weighted by Crippen LogP contribution is 2.41. The van der Waals surface area contributed by atoms with Crippen LogP contribution in [0.1, 0.15) is 47.8 Å². The second kappa shape index (κ2) is 17.2. The van der Waals surface area contributed by atoms with Gasteiger partial charge in [-0.1, -0.05) is 146 Å². The van der Waals surface area contributed by atoms with Crippen LogP contribution >= 0.6 is 0 Å². The van der Waals surface area contributed by atoms with Crippen molar-refractivity contribution in [3.63, 3.8) is 0 Å². The minimum absolute atomic E-state index is 0.185. The van der Waals surface area contributed by atoms with Crippen LogP contribution in [0, 0.1) is 0 Å². The van der Waals surface area contributed by atoms with Crippen LogP contribution in [0.2, 0.25) is 0 Å². The summed E-state index contributed by atoms with van der Waals surface area (Å²) in [5.74, 6) is -2.37. The Morgan fingerprint density at radius 3 is 1.13 bits per heavy atom. The zero-order valence-electron chi connectivity index (χ0n) is 29.6. The van der Waals surface area contributed by atoms with Gasteiger partial charge in [-0.15, -0.1) is 0 Å². The lowest BCUT2D eigenvalue weighted by atomic mass is 9.80.